The standard InChI is InChI=1S/C14H13N3O2/c18-14(19)12-13(16-8-7-15-12)17-9-3-5-10-4-1-2-6-11(10)17/h1-2,4,6-8H,3,5,9H2,(H,18,19). The Hall–Kier alpha value is -2.43. The summed E-state index contributed by atoms with van der Waals surface area (Å²) in [6.45, 7) is 0.760. The minimum Gasteiger partial charge on any atom is -0.476 e. The quantitative estimate of drug-likeness (QED) is 0.891. The van der Waals surface area contributed by atoms with E-state index >= 15 is 0 Å². The number of benzene rings is 1. The van der Waals surface area contributed by atoms with Crippen LogP contribution < -0.4 is 4.90 Å². The van der Waals surface area contributed by atoms with Gasteiger partial charge in [-0.05, 0) is 24.5 Å². The maximum atomic E-state index is 11.2. The van der Waals surface area contributed by atoms with Gasteiger partial charge in [0.25, 0.3) is 0 Å². The van der Waals surface area contributed by atoms with Crippen LogP contribution in [0.3, 0.4) is 0 Å². The summed E-state index contributed by atoms with van der Waals surface area (Å²) in [6, 6.07) is 8.01. The van der Waals surface area contributed by atoms with Crippen molar-refractivity contribution in [1.82, 2.24) is 9.97 Å². The number of fused-ring (bicyclic) bond motifs is 1. The molecule has 5 heteroatoms. The summed E-state index contributed by atoms with van der Waals surface area (Å²) in [5, 5.41) is 9.22. The summed E-state index contributed by atoms with van der Waals surface area (Å²) in [5.74, 6) is -0.631. The molecule has 0 bridgehead atoms. The molecule has 0 atom stereocenters. The number of hydrogen-bond donors (Lipinski definition) is 1. The van der Waals surface area contributed by atoms with Gasteiger partial charge in [-0.25, -0.2) is 14.8 Å². The van der Waals surface area contributed by atoms with Crippen LogP contribution in [0.25, 0.3) is 0 Å². The zero-order valence-electron chi connectivity index (χ0n) is 10.3. The van der Waals surface area contributed by atoms with E-state index in [4.69, 9.17) is 0 Å². The average Bonchev–Trinajstić information content (AvgIpc) is 2.46. The van der Waals surface area contributed by atoms with Crippen LogP contribution in [0, 0.1) is 0 Å². The first-order valence-corrected chi connectivity index (χ1v) is 6.17. The highest BCUT2D eigenvalue weighted by Gasteiger charge is 2.24. The van der Waals surface area contributed by atoms with E-state index in [1.165, 1.54) is 18.0 Å². The first-order chi connectivity index (χ1) is 9.27. The average molecular weight is 255 g/mol. The molecule has 1 aliphatic heterocycles. The van der Waals surface area contributed by atoms with Crippen LogP contribution in [-0.4, -0.2) is 27.6 Å². The maximum Gasteiger partial charge on any atom is 0.358 e. The van der Waals surface area contributed by atoms with E-state index in [2.05, 4.69) is 16.0 Å². The van der Waals surface area contributed by atoms with Gasteiger partial charge in [0.1, 0.15) is 0 Å². The van der Waals surface area contributed by atoms with Crippen molar-refractivity contribution in [3.63, 3.8) is 0 Å². The Labute approximate surface area is 110 Å². The Bertz CT molecular complexity index is 628. The number of carboxylic acids is 1. The lowest BCUT2D eigenvalue weighted by atomic mass is 10.0. The Morgan fingerprint density at radius 3 is 2.84 bits per heavy atom. The first-order valence-electron chi connectivity index (χ1n) is 6.17. The lowest BCUT2D eigenvalue weighted by Gasteiger charge is -2.30. The number of aryl methyl sites for hydroxylation is 1. The minimum atomic E-state index is -1.05. The van der Waals surface area contributed by atoms with Crippen molar-refractivity contribution >= 4 is 17.5 Å². The molecule has 19 heavy (non-hydrogen) atoms. The van der Waals surface area contributed by atoms with Crippen molar-refractivity contribution in [3.8, 4) is 0 Å². The second-order valence-corrected chi connectivity index (χ2v) is 4.42. The molecule has 0 saturated heterocycles. The van der Waals surface area contributed by atoms with Crippen molar-refractivity contribution in [2.45, 2.75) is 12.8 Å². The Balaban J connectivity index is 2.12. The molecule has 1 aromatic heterocycles. The van der Waals surface area contributed by atoms with Gasteiger partial charge in [0, 0.05) is 24.6 Å². The third-order valence-corrected chi connectivity index (χ3v) is 3.25. The van der Waals surface area contributed by atoms with E-state index < -0.39 is 5.97 Å². The topological polar surface area (TPSA) is 66.3 Å². The Morgan fingerprint density at radius 2 is 2.00 bits per heavy atom. The Kier molecular flexibility index (Phi) is 2.87. The molecule has 5 nitrogen and oxygen atoms in total. The van der Waals surface area contributed by atoms with Gasteiger partial charge in [0.15, 0.2) is 11.5 Å². The van der Waals surface area contributed by atoms with Gasteiger partial charge in [0.05, 0.1) is 0 Å². The second-order valence-electron chi connectivity index (χ2n) is 4.42. The van der Waals surface area contributed by atoms with E-state index in [9.17, 15) is 9.90 Å². The summed E-state index contributed by atoms with van der Waals surface area (Å²) < 4.78 is 0. The highest BCUT2D eigenvalue weighted by Crippen LogP contribution is 2.33. The van der Waals surface area contributed by atoms with Gasteiger partial charge in [-0.15, -0.1) is 0 Å². The molecule has 2 heterocycles. The van der Waals surface area contributed by atoms with E-state index in [0.29, 0.717) is 5.82 Å². The van der Waals surface area contributed by atoms with Gasteiger partial charge >= 0.3 is 5.97 Å². The molecule has 0 amide bonds. The molecule has 3 rings (SSSR count). The zero-order valence-corrected chi connectivity index (χ0v) is 10.3. The largest absolute Gasteiger partial charge is 0.476 e. The lowest BCUT2D eigenvalue weighted by molar-refractivity contribution is 0.0691. The van der Waals surface area contributed by atoms with Gasteiger partial charge in [-0.2, -0.15) is 0 Å². The number of para-hydroxylation sites is 1. The molecule has 1 aromatic carbocycles. The molecule has 0 spiro atoms. The molecule has 0 fully saturated rings. The van der Waals surface area contributed by atoms with Crippen molar-refractivity contribution in [2.75, 3.05) is 11.4 Å². The predicted molar refractivity (Wildman–Crippen MR) is 70.8 cm³/mol. The van der Waals surface area contributed by atoms with E-state index in [0.717, 1.165) is 25.1 Å². The number of aromatic carboxylic acids is 1. The fraction of sp³-hybridized carbons (Fsp3) is 0.214. The summed E-state index contributed by atoms with van der Waals surface area (Å²) >= 11 is 0. The van der Waals surface area contributed by atoms with Crippen molar-refractivity contribution in [2.24, 2.45) is 0 Å². The number of nitrogens with zero attached hydrogens (tertiary/aromatic N) is 3. The van der Waals surface area contributed by atoms with Gasteiger partial charge in [-0.3, -0.25) is 0 Å². The summed E-state index contributed by atoms with van der Waals surface area (Å²) in [6.07, 6.45) is 4.92. The van der Waals surface area contributed by atoms with Crippen LogP contribution in [0.2, 0.25) is 0 Å². The second kappa shape index (κ2) is 4.68. The van der Waals surface area contributed by atoms with Crippen LogP contribution in [0.15, 0.2) is 36.7 Å². The lowest BCUT2D eigenvalue weighted by Crippen LogP contribution is -2.27. The third-order valence-electron chi connectivity index (χ3n) is 3.25. The minimum absolute atomic E-state index is 0.000738. The van der Waals surface area contributed by atoms with E-state index in [1.807, 2.05) is 23.1 Å². The molecular formula is C14H13N3O2. The molecule has 1 aliphatic rings. The van der Waals surface area contributed by atoms with E-state index in [-0.39, 0.29) is 5.69 Å². The monoisotopic (exact) mass is 255 g/mol. The summed E-state index contributed by atoms with van der Waals surface area (Å²) in [4.78, 5) is 21.3. The Morgan fingerprint density at radius 1 is 1.21 bits per heavy atom. The van der Waals surface area contributed by atoms with Gasteiger partial charge in [0.2, 0.25) is 0 Å². The number of anilines is 2. The normalized spacial score (nSPS) is 14.0. The predicted octanol–water partition coefficient (Wildman–Crippen LogP) is 2.26. The smallest absolute Gasteiger partial charge is 0.358 e. The molecule has 0 aliphatic carbocycles. The highest BCUT2D eigenvalue weighted by molar-refractivity contribution is 5.92. The van der Waals surface area contributed by atoms with Crippen molar-refractivity contribution in [1.29, 1.82) is 0 Å². The fourth-order valence-electron chi connectivity index (χ4n) is 2.43. The molecule has 96 valence electrons. The fourth-order valence-corrected chi connectivity index (χ4v) is 2.43. The van der Waals surface area contributed by atoms with Crippen LogP contribution in [-0.2, 0) is 6.42 Å². The van der Waals surface area contributed by atoms with Gasteiger partial charge in [-0.1, -0.05) is 18.2 Å². The molecule has 0 saturated carbocycles. The van der Waals surface area contributed by atoms with Gasteiger partial charge < -0.3 is 10.0 Å². The number of carbonyl (C=O) groups is 1. The van der Waals surface area contributed by atoms with Crippen molar-refractivity contribution in [3.05, 3.63) is 47.9 Å². The van der Waals surface area contributed by atoms with Crippen molar-refractivity contribution < 1.29 is 9.90 Å². The molecule has 0 radical (unpaired) electrons. The third kappa shape index (κ3) is 2.03. The zero-order chi connectivity index (χ0) is 13.2. The number of rotatable bonds is 2. The summed E-state index contributed by atoms with van der Waals surface area (Å²) in [7, 11) is 0. The van der Waals surface area contributed by atoms with Crippen LogP contribution in [0.5, 0.6) is 0 Å². The number of aromatic nitrogens is 2. The molecule has 1 N–H and O–H groups in total. The first kappa shape index (κ1) is 11.6. The van der Waals surface area contributed by atoms with Crippen LogP contribution in [0.4, 0.5) is 11.5 Å². The molecule has 2 aromatic rings. The van der Waals surface area contributed by atoms with Crippen LogP contribution in [0.1, 0.15) is 22.5 Å². The molecule has 0 unspecified atom stereocenters. The van der Waals surface area contributed by atoms with Crippen LogP contribution >= 0.6 is 0 Å². The number of carboxylic acid groups (broad SMARTS) is 1. The summed E-state index contributed by atoms with van der Waals surface area (Å²) in [5.41, 5.74) is 2.24. The molecular weight excluding hydrogens is 242 g/mol. The number of hydrogen-bond acceptors (Lipinski definition) is 4. The SMILES string of the molecule is O=C(O)c1nccnc1N1CCCc2ccccc21. The maximum absolute atomic E-state index is 11.2. The van der Waals surface area contributed by atoms with E-state index in [1.54, 1.807) is 0 Å². The highest BCUT2D eigenvalue weighted by atomic mass is 16.4.